The van der Waals surface area contributed by atoms with Crippen molar-refractivity contribution < 1.29 is 9.50 Å². The zero-order valence-corrected chi connectivity index (χ0v) is 19.9. The van der Waals surface area contributed by atoms with Gasteiger partial charge in [0.2, 0.25) is 0 Å². The second kappa shape index (κ2) is 12.1. The predicted octanol–water partition coefficient (Wildman–Crippen LogP) is 3.51. The highest BCUT2D eigenvalue weighted by Gasteiger charge is 2.23. The molecule has 0 aliphatic carbocycles. The van der Waals surface area contributed by atoms with E-state index in [0.29, 0.717) is 19.0 Å². The van der Waals surface area contributed by atoms with E-state index >= 15 is 0 Å². The molecular weight excluding hydrogens is 482 g/mol. The van der Waals surface area contributed by atoms with Crippen LogP contribution in [0.3, 0.4) is 0 Å². The van der Waals surface area contributed by atoms with Crippen LogP contribution in [0.25, 0.3) is 0 Å². The van der Waals surface area contributed by atoms with E-state index in [1.807, 2.05) is 51.4 Å². The second-order valence-corrected chi connectivity index (χ2v) is 7.25. The highest BCUT2D eigenvalue weighted by atomic mass is 127. The van der Waals surface area contributed by atoms with E-state index in [-0.39, 0.29) is 42.4 Å². The van der Waals surface area contributed by atoms with Crippen molar-refractivity contribution in [2.75, 3.05) is 33.7 Å². The minimum Gasteiger partial charge on any atom is -0.384 e. The highest BCUT2D eigenvalue weighted by molar-refractivity contribution is 14.0. The first-order valence-corrected chi connectivity index (χ1v) is 9.55. The zero-order valence-electron chi connectivity index (χ0n) is 17.5. The maximum atomic E-state index is 13.2. The van der Waals surface area contributed by atoms with Crippen LogP contribution in [0.2, 0.25) is 0 Å². The molecule has 2 rings (SSSR count). The number of nitrogens with zero attached hydrogens (tertiary/aromatic N) is 2. The van der Waals surface area contributed by atoms with Crippen LogP contribution in [0.4, 0.5) is 4.39 Å². The first-order valence-electron chi connectivity index (χ1n) is 9.55. The highest BCUT2D eigenvalue weighted by Crippen LogP contribution is 2.20. The Kier molecular flexibility index (Phi) is 10.6. The summed E-state index contributed by atoms with van der Waals surface area (Å²) in [5, 5.41) is 17.3. The molecule has 0 heterocycles. The molecule has 160 valence electrons. The van der Waals surface area contributed by atoms with Gasteiger partial charge in [0.05, 0.1) is 12.6 Å². The molecular formula is C22H32FIN4O. The van der Waals surface area contributed by atoms with Gasteiger partial charge in [-0.15, -0.1) is 24.0 Å². The second-order valence-electron chi connectivity index (χ2n) is 7.25. The van der Waals surface area contributed by atoms with Gasteiger partial charge in [-0.05, 0) is 51.2 Å². The largest absolute Gasteiger partial charge is 0.384 e. The Bertz CT molecular complexity index is 751. The van der Waals surface area contributed by atoms with Crippen molar-refractivity contribution >= 4 is 29.9 Å². The summed E-state index contributed by atoms with van der Waals surface area (Å²) in [4.78, 5) is 6.64. The van der Waals surface area contributed by atoms with Crippen LogP contribution in [-0.4, -0.2) is 49.7 Å². The normalized spacial score (nSPS) is 14.7. The number of hydrogen-bond donors (Lipinski definition) is 3. The number of guanidine groups is 1. The molecule has 0 radical (unpaired) electrons. The average molecular weight is 514 g/mol. The molecule has 0 spiro atoms. The molecule has 0 aromatic heterocycles. The number of benzene rings is 2. The van der Waals surface area contributed by atoms with Gasteiger partial charge in [-0.1, -0.05) is 42.5 Å². The molecule has 3 N–H and O–H groups in total. The van der Waals surface area contributed by atoms with Crippen LogP contribution in [-0.2, 0) is 5.60 Å². The summed E-state index contributed by atoms with van der Waals surface area (Å²) in [6.07, 6.45) is 0. The van der Waals surface area contributed by atoms with E-state index in [1.54, 1.807) is 19.1 Å². The quantitative estimate of drug-likeness (QED) is 0.287. The van der Waals surface area contributed by atoms with Crippen LogP contribution in [0, 0.1) is 5.82 Å². The van der Waals surface area contributed by atoms with Crippen molar-refractivity contribution in [2.45, 2.75) is 25.5 Å². The standard InChI is InChI=1S/C22H31FN4O.HI/c1-5-24-21(26-16-22(2,28)18-9-7-6-8-10-18)25-15-20(27(3)4)17-11-13-19(23)14-12-17;/h6-14,20,28H,5,15-16H2,1-4H3,(H2,24,25,26);1H. The van der Waals surface area contributed by atoms with Gasteiger partial charge in [-0.3, -0.25) is 0 Å². The molecule has 0 saturated heterocycles. The lowest BCUT2D eigenvalue weighted by Gasteiger charge is -2.27. The Hall–Kier alpha value is -1.71. The maximum absolute atomic E-state index is 13.2. The van der Waals surface area contributed by atoms with Crippen LogP contribution in [0.1, 0.15) is 31.0 Å². The van der Waals surface area contributed by atoms with Crippen LogP contribution >= 0.6 is 24.0 Å². The Balaban J connectivity index is 0.00000420. The number of halogens is 2. The summed E-state index contributed by atoms with van der Waals surface area (Å²) < 4.78 is 13.2. The Morgan fingerprint density at radius 3 is 2.28 bits per heavy atom. The summed E-state index contributed by atoms with van der Waals surface area (Å²) in [6, 6.07) is 16.1. The number of hydrogen-bond acceptors (Lipinski definition) is 3. The number of aliphatic imine (C=N–C) groups is 1. The van der Waals surface area contributed by atoms with E-state index in [4.69, 9.17) is 0 Å². The van der Waals surface area contributed by atoms with Gasteiger partial charge in [0.25, 0.3) is 0 Å². The Morgan fingerprint density at radius 2 is 1.72 bits per heavy atom. The topological polar surface area (TPSA) is 59.9 Å². The Morgan fingerprint density at radius 1 is 1.10 bits per heavy atom. The van der Waals surface area contributed by atoms with Gasteiger partial charge in [0, 0.05) is 13.1 Å². The van der Waals surface area contributed by atoms with Crippen molar-refractivity contribution in [3.05, 3.63) is 71.5 Å². The predicted molar refractivity (Wildman–Crippen MR) is 128 cm³/mol. The molecule has 29 heavy (non-hydrogen) atoms. The summed E-state index contributed by atoms with van der Waals surface area (Å²) >= 11 is 0. The minimum atomic E-state index is -1.05. The zero-order chi connectivity index (χ0) is 20.6. The first kappa shape index (κ1) is 25.3. The van der Waals surface area contributed by atoms with Gasteiger partial charge in [0.1, 0.15) is 11.4 Å². The molecule has 0 aliphatic rings. The lowest BCUT2D eigenvalue weighted by Crippen LogP contribution is -2.42. The van der Waals surface area contributed by atoms with Crippen molar-refractivity contribution in [3.8, 4) is 0 Å². The molecule has 2 aromatic rings. The van der Waals surface area contributed by atoms with Gasteiger partial charge in [-0.25, -0.2) is 9.38 Å². The molecule has 2 unspecified atom stereocenters. The lowest BCUT2D eigenvalue weighted by atomic mass is 9.96. The molecule has 0 amide bonds. The van der Waals surface area contributed by atoms with Crippen molar-refractivity contribution in [1.29, 1.82) is 0 Å². The van der Waals surface area contributed by atoms with E-state index in [0.717, 1.165) is 11.1 Å². The third-order valence-electron chi connectivity index (χ3n) is 4.63. The molecule has 7 heteroatoms. The van der Waals surface area contributed by atoms with Gasteiger partial charge >= 0.3 is 0 Å². The first-order chi connectivity index (χ1) is 13.3. The summed E-state index contributed by atoms with van der Waals surface area (Å²) in [7, 11) is 3.97. The van der Waals surface area contributed by atoms with E-state index in [9.17, 15) is 9.50 Å². The molecule has 2 atom stereocenters. The van der Waals surface area contributed by atoms with Crippen LogP contribution in [0.5, 0.6) is 0 Å². The molecule has 0 fully saturated rings. The summed E-state index contributed by atoms with van der Waals surface area (Å²) in [5.41, 5.74) is 0.791. The van der Waals surface area contributed by atoms with Gasteiger partial charge < -0.3 is 20.6 Å². The molecule has 0 saturated carbocycles. The van der Waals surface area contributed by atoms with Gasteiger partial charge in [-0.2, -0.15) is 0 Å². The van der Waals surface area contributed by atoms with E-state index in [1.165, 1.54) is 12.1 Å². The van der Waals surface area contributed by atoms with Crippen molar-refractivity contribution in [3.63, 3.8) is 0 Å². The summed E-state index contributed by atoms with van der Waals surface area (Å²) in [6.45, 7) is 5.29. The lowest BCUT2D eigenvalue weighted by molar-refractivity contribution is 0.0672. The maximum Gasteiger partial charge on any atom is 0.191 e. The van der Waals surface area contributed by atoms with E-state index < -0.39 is 5.60 Å². The number of rotatable bonds is 8. The fourth-order valence-corrected chi connectivity index (χ4v) is 2.94. The molecule has 2 aromatic carbocycles. The number of likely N-dealkylation sites (N-methyl/N-ethyl adjacent to an activating group) is 1. The Labute approximate surface area is 190 Å². The molecule has 5 nitrogen and oxygen atoms in total. The van der Waals surface area contributed by atoms with E-state index in [2.05, 4.69) is 20.5 Å². The molecule has 0 bridgehead atoms. The fourth-order valence-electron chi connectivity index (χ4n) is 2.94. The average Bonchev–Trinajstić information content (AvgIpc) is 2.68. The number of aliphatic hydroxyl groups is 1. The fraction of sp³-hybridized carbons (Fsp3) is 0.409. The van der Waals surface area contributed by atoms with Crippen molar-refractivity contribution in [2.24, 2.45) is 4.99 Å². The molecule has 0 aliphatic heterocycles. The van der Waals surface area contributed by atoms with Crippen LogP contribution in [0.15, 0.2) is 59.6 Å². The van der Waals surface area contributed by atoms with Crippen LogP contribution < -0.4 is 10.6 Å². The van der Waals surface area contributed by atoms with Gasteiger partial charge in [0.15, 0.2) is 5.96 Å². The third-order valence-corrected chi connectivity index (χ3v) is 4.63. The SMILES string of the molecule is CCNC(=NCC(C)(O)c1ccccc1)NCC(c1ccc(F)cc1)N(C)C.I. The number of nitrogens with one attached hydrogen (secondary N) is 2. The minimum absolute atomic E-state index is 0. The third kappa shape index (κ3) is 7.91. The smallest absolute Gasteiger partial charge is 0.191 e. The monoisotopic (exact) mass is 514 g/mol. The summed E-state index contributed by atoms with van der Waals surface area (Å²) in [5.74, 6) is 0.389. The van der Waals surface area contributed by atoms with Crippen molar-refractivity contribution in [1.82, 2.24) is 15.5 Å².